The van der Waals surface area contributed by atoms with Crippen LogP contribution in [0.3, 0.4) is 0 Å². The normalized spacial score (nSPS) is 41.1. The van der Waals surface area contributed by atoms with Gasteiger partial charge in [-0.25, -0.2) is 0 Å². The third-order valence-electron chi connectivity index (χ3n) is 2.54. The molecule has 0 bridgehead atoms. The van der Waals surface area contributed by atoms with Gasteiger partial charge in [0.2, 0.25) is 0 Å². The molecular weight excluding hydrogens is 128 g/mol. The Morgan fingerprint density at radius 3 is 1.80 bits per heavy atom. The lowest BCUT2D eigenvalue weighted by Gasteiger charge is -2.49. The minimum Gasteiger partial charge on any atom is -0.393 e. The molecule has 60 valence electrons. The Hall–Kier alpha value is -0.0800. The number of rotatable bonds is 0. The van der Waals surface area contributed by atoms with Gasteiger partial charge in [0.1, 0.15) is 0 Å². The van der Waals surface area contributed by atoms with Gasteiger partial charge in [-0.05, 0) is 5.41 Å². The van der Waals surface area contributed by atoms with Crippen LogP contribution >= 0.6 is 0 Å². The first kappa shape index (κ1) is 8.02. The van der Waals surface area contributed by atoms with E-state index in [1.54, 1.807) is 0 Å². The van der Waals surface area contributed by atoms with E-state index in [0.29, 0.717) is 12.8 Å². The van der Waals surface area contributed by atoms with Crippen LogP contribution in [0.5, 0.6) is 0 Å². The highest BCUT2D eigenvalue weighted by atomic mass is 16.3. The summed E-state index contributed by atoms with van der Waals surface area (Å²) in [4.78, 5) is 0. The summed E-state index contributed by atoms with van der Waals surface area (Å²) in [6.07, 6.45) is 0.803. The van der Waals surface area contributed by atoms with Crippen LogP contribution in [-0.2, 0) is 0 Å². The van der Waals surface area contributed by atoms with Gasteiger partial charge in [0.25, 0.3) is 0 Å². The Kier molecular flexibility index (Phi) is 1.57. The maximum absolute atomic E-state index is 9.76. The van der Waals surface area contributed by atoms with Crippen molar-refractivity contribution in [3.63, 3.8) is 0 Å². The second kappa shape index (κ2) is 1.95. The van der Waals surface area contributed by atoms with E-state index in [9.17, 15) is 5.11 Å². The summed E-state index contributed by atoms with van der Waals surface area (Å²) in [6.45, 7) is 6.00. The van der Waals surface area contributed by atoms with Crippen molar-refractivity contribution in [2.24, 2.45) is 5.41 Å². The molecule has 0 atom stereocenters. The van der Waals surface area contributed by atoms with Crippen LogP contribution in [0.25, 0.3) is 0 Å². The Balaban J connectivity index is 2.57. The highest BCUT2D eigenvalue weighted by Crippen LogP contribution is 2.45. The molecule has 2 N–H and O–H groups in total. The highest BCUT2D eigenvalue weighted by Gasteiger charge is 2.49. The first-order valence-electron chi connectivity index (χ1n) is 3.76. The van der Waals surface area contributed by atoms with Crippen LogP contribution in [-0.4, -0.2) is 21.9 Å². The van der Waals surface area contributed by atoms with Crippen LogP contribution < -0.4 is 0 Å². The van der Waals surface area contributed by atoms with Crippen LogP contribution in [0.15, 0.2) is 0 Å². The lowest BCUT2D eigenvalue weighted by Crippen LogP contribution is -2.55. The Labute approximate surface area is 61.9 Å². The maximum Gasteiger partial charge on any atom is 0.0744 e. The Morgan fingerprint density at radius 2 is 1.70 bits per heavy atom. The van der Waals surface area contributed by atoms with Crippen molar-refractivity contribution in [3.05, 3.63) is 0 Å². The first-order valence-corrected chi connectivity index (χ1v) is 3.76. The van der Waals surface area contributed by atoms with Gasteiger partial charge in [-0.3, -0.25) is 0 Å². The van der Waals surface area contributed by atoms with Gasteiger partial charge in [0, 0.05) is 12.8 Å². The van der Waals surface area contributed by atoms with Gasteiger partial charge in [-0.15, -0.1) is 0 Å². The Bertz CT molecular complexity index is 129. The van der Waals surface area contributed by atoms with Gasteiger partial charge >= 0.3 is 0 Å². The van der Waals surface area contributed by atoms with Gasteiger partial charge in [0.15, 0.2) is 0 Å². The van der Waals surface area contributed by atoms with E-state index in [4.69, 9.17) is 5.11 Å². The van der Waals surface area contributed by atoms with Crippen LogP contribution in [0.1, 0.15) is 33.6 Å². The summed E-state index contributed by atoms with van der Waals surface area (Å²) >= 11 is 0. The minimum absolute atomic E-state index is 0.0910. The first-order chi connectivity index (χ1) is 4.35. The average Bonchev–Trinajstić information content (AvgIpc) is 1.58. The topological polar surface area (TPSA) is 40.5 Å². The molecule has 0 aromatic carbocycles. The molecule has 1 fully saturated rings. The molecule has 0 aromatic heterocycles. The smallest absolute Gasteiger partial charge is 0.0744 e. The minimum atomic E-state index is -0.619. The monoisotopic (exact) mass is 144 g/mol. The zero-order valence-corrected chi connectivity index (χ0v) is 6.89. The second-order valence-electron chi connectivity index (χ2n) is 4.34. The summed E-state index contributed by atoms with van der Waals surface area (Å²) < 4.78 is 0. The summed E-state index contributed by atoms with van der Waals surface area (Å²) in [7, 11) is 0. The third kappa shape index (κ3) is 1.06. The van der Waals surface area contributed by atoms with Crippen molar-refractivity contribution >= 4 is 0 Å². The fraction of sp³-hybridized carbons (Fsp3) is 1.00. The van der Waals surface area contributed by atoms with E-state index in [0.717, 1.165) is 0 Å². The van der Waals surface area contributed by atoms with E-state index in [-0.39, 0.29) is 11.5 Å². The molecule has 1 aliphatic rings. The number of hydrogen-bond donors (Lipinski definition) is 2. The van der Waals surface area contributed by atoms with E-state index in [1.807, 2.05) is 20.8 Å². The van der Waals surface area contributed by atoms with Crippen LogP contribution in [0.2, 0.25) is 0 Å². The lowest BCUT2D eigenvalue weighted by atomic mass is 9.63. The molecule has 0 aromatic rings. The molecule has 1 rings (SSSR count). The summed E-state index contributed by atoms with van der Waals surface area (Å²) in [5.41, 5.74) is -0.710. The maximum atomic E-state index is 9.76. The van der Waals surface area contributed by atoms with E-state index in [1.165, 1.54) is 0 Å². The molecule has 1 saturated carbocycles. The second-order valence-corrected chi connectivity index (χ2v) is 4.34. The van der Waals surface area contributed by atoms with Gasteiger partial charge in [0.05, 0.1) is 11.7 Å². The van der Waals surface area contributed by atoms with Crippen molar-refractivity contribution in [3.8, 4) is 0 Å². The van der Waals surface area contributed by atoms with Crippen molar-refractivity contribution in [2.75, 3.05) is 0 Å². The number of aliphatic hydroxyl groups excluding tert-OH is 1. The standard InChI is InChI=1S/C8H16O2/c1-7(2,3)8(10)4-6(9)5-8/h6,9-10H,4-5H2,1-3H3. The van der Waals surface area contributed by atoms with Crippen molar-refractivity contribution in [1.82, 2.24) is 0 Å². The molecule has 0 saturated heterocycles. The quantitative estimate of drug-likeness (QED) is 0.530. The highest BCUT2D eigenvalue weighted by molar-refractivity contribution is 5.01. The fourth-order valence-corrected chi connectivity index (χ4v) is 1.33. The molecule has 0 spiro atoms. The summed E-state index contributed by atoms with van der Waals surface area (Å²) in [5, 5.41) is 18.7. The van der Waals surface area contributed by atoms with Crippen molar-refractivity contribution in [2.45, 2.75) is 45.3 Å². The Morgan fingerprint density at radius 1 is 1.30 bits per heavy atom. The van der Waals surface area contributed by atoms with Gasteiger partial charge in [-0.1, -0.05) is 20.8 Å². The molecule has 0 heterocycles. The molecular formula is C8H16O2. The average molecular weight is 144 g/mol. The van der Waals surface area contributed by atoms with Crippen molar-refractivity contribution < 1.29 is 10.2 Å². The predicted molar refractivity (Wildman–Crippen MR) is 39.6 cm³/mol. The molecule has 2 nitrogen and oxygen atoms in total. The molecule has 0 aliphatic heterocycles. The SMILES string of the molecule is CC(C)(C)C1(O)CC(O)C1. The van der Waals surface area contributed by atoms with E-state index >= 15 is 0 Å². The molecule has 1 aliphatic carbocycles. The molecule has 0 amide bonds. The van der Waals surface area contributed by atoms with Crippen molar-refractivity contribution in [1.29, 1.82) is 0 Å². The largest absolute Gasteiger partial charge is 0.393 e. The van der Waals surface area contributed by atoms with Crippen LogP contribution in [0.4, 0.5) is 0 Å². The van der Waals surface area contributed by atoms with Crippen LogP contribution in [0, 0.1) is 5.41 Å². The summed E-state index contributed by atoms with van der Waals surface area (Å²) in [5.74, 6) is 0. The van der Waals surface area contributed by atoms with Gasteiger partial charge < -0.3 is 10.2 Å². The van der Waals surface area contributed by atoms with E-state index in [2.05, 4.69) is 0 Å². The van der Waals surface area contributed by atoms with Gasteiger partial charge in [-0.2, -0.15) is 0 Å². The third-order valence-corrected chi connectivity index (χ3v) is 2.54. The lowest BCUT2D eigenvalue weighted by molar-refractivity contribution is -0.173. The zero-order valence-electron chi connectivity index (χ0n) is 6.89. The zero-order chi connectivity index (χ0) is 7.99. The van der Waals surface area contributed by atoms with E-state index < -0.39 is 5.60 Å². The summed E-state index contributed by atoms with van der Waals surface area (Å²) in [6, 6.07) is 0. The molecule has 10 heavy (non-hydrogen) atoms. The number of aliphatic hydroxyl groups is 2. The molecule has 0 radical (unpaired) electrons. The predicted octanol–water partition coefficient (Wildman–Crippen LogP) is 0.918. The number of hydrogen-bond acceptors (Lipinski definition) is 2. The molecule has 0 unspecified atom stereocenters. The fourth-order valence-electron chi connectivity index (χ4n) is 1.33. The molecule has 2 heteroatoms.